The second-order valence-corrected chi connectivity index (χ2v) is 11.1. The molecule has 8 nitrogen and oxygen atoms in total. The highest BCUT2D eigenvalue weighted by Gasteiger charge is 2.34. The molecular weight excluding hydrogens is 492 g/mol. The van der Waals surface area contributed by atoms with E-state index in [0.717, 1.165) is 16.2 Å². The number of nitrogens with one attached hydrogen (secondary N) is 2. The molecule has 0 spiro atoms. The third kappa shape index (κ3) is 4.48. The molecule has 32 heavy (non-hydrogen) atoms. The van der Waals surface area contributed by atoms with Gasteiger partial charge in [-0.15, -0.1) is 27.9 Å². The Kier molecular flexibility index (Phi) is 6.45. The van der Waals surface area contributed by atoms with Gasteiger partial charge in [-0.05, 0) is 48.7 Å². The van der Waals surface area contributed by atoms with Gasteiger partial charge in [0.15, 0.2) is 0 Å². The monoisotopic (exact) mass is 508 g/mol. The number of thiophene rings is 1. The van der Waals surface area contributed by atoms with Crippen molar-refractivity contribution < 1.29 is 18.0 Å². The van der Waals surface area contributed by atoms with Gasteiger partial charge in [0, 0.05) is 10.6 Å². The highest BCUT2D eigenvalue weighted by Crippen LogP contribution is 2.33. The highest BCUT2D eigenvalue weighted by molar-refractivity contribution is 7.98. The van der Waals surface area contributed by atoms with Gasteiger partial charge in [0.25, 0.3) is 15.9 Å². The summed E-state index contributed by atoms with van der Waals surface area (Å²) in [5, 5.41) is 0. The molecule has 2 aromatic carbocycles. The van der Waals surface area contributed by atoms with Crippen molar-refractivity contribution in [2.24, 2.45) is 0 Å². The number of rotatable bonds is 5. The lowest BCUT2D eigenvalue weighted by Crippen LogP contribution is -2.55. The first-order chi connectivity index (χ1) is 15.3. The Balaban J connectivity index is 1.64. The normalized spacial score (nSPS) is 13.8. The quantitative estimate of drug-likeness (QED) is 0.398. The number of thioether (sulfide) groups is 1. The van der Waals surface area contributed by atoms with Crippen molar-refractivity contribution in [3.63, 3.8) is 0 Å². The number of amides is 3. The van der Waals surface area contributed by atoms with E-state index in [9.17, 15) is 18.0 Å². The molecule has 0 aliphatic carbocycles. The van der Waals surface area contributed by atoms with E-state index in [2.05, 4.69) is 10.3 Å². The number of urea groups is 1. The fourth-order valence-electron chi connectivity index (χ4n) is 3.12. The maximum Gasteiger partial charge on any atom is 0.338 e. The van der Waals surface area contributed by atoms with Crippen molar-refractivity contribution >= 4 is 68.0 Å². The van der Waals surface area contributed by atoms with Gasteiger partial charge >= 0.3 is 6.03 Å². The molecule has 3 aromatic rings. The van der Waals surface area contributed by atoms with Crippen LogP contribution in [0.4, 0.5) is 16.2 Å². The van der Waals surface area contributed by atoms with Gasteiger partial charge in [-0.2, -0.15) is 0 Å². The highest BCUT2D eigenvalue weighted by atomic mass is 35.5. The Labute approximate surface area is 198 Å². The number of hydrazine groups is 1. The van der Waals surface area contributed by atoms with E-state index in [1.54, 1.807) is 42.5 Å². The van der Waals surface area contributed by atoms with Crippen LogP contribution in [-0.2, 0) is 10.0 Å². The number of para-hydroxylation sites is 1. The number of carbonyl (C=O) groups excluding carboxylic acids is 2. The molecule has 3 amide bonds. The van der Waals surface area contributed by atoms with Crippen LogP contribution in [0.1, 0.15) is 10.4 Å². The Hall–Kier alpha value is -2.57. The lowest BCUT2D eigenvalue weighted by molar-refractivity contribution is 0.0983. The summed E-state index contributed by atoms with van der Waals surface area (Å²) in [6.45, 7) is -0.0912. The zero-order chi connectivity index (χ0) is 22.9. The van der Waals surface area contributed by atoms with Crippen LogP contribution in [0.3, 0.4) is 0 Å². The molecule has 0 saturated carbocycles. The van der Waals surface area contributed by atoms with Gasteiger partial charge in [0.05, 0.1) is 15.6 Å². The van der Waals surface area contributed by atoms with Crippen LogP contribution in [0.5, 0.6) is 0 Å². The van der Waals surface area contributed by atoms with E-state index >= 15 is 0 Å². The molecule has 0 saturated heterocycles. The molecule has 12 heteroatoms. The van der Waals surface area contributed by atoms with Crippen molar-refractivity contribution in [3.8, 4) is 0 Å². The summed E-state index contributed by atoms with van der Waals surface area (Å²) < 4.78 is 25.2. The maximum absolute atomic E-state index is 13.1. The molecule has 2 N–H and O–H groups in total. The van der Waals surface area contributed by atoms with Gasteiger partial charge in [0.1, 0.15) is 10.9 Å². The standard InChI is InChI=1S/C20H17ClN4O4S3/c1-30-14-7-8-15-16(11-14)25(12-24(19(15)26)13-5-3-2-4-6-13)20(27)22-23-32(28,29)18-10-9-17(21)31-18/h2-11,23H,12H2,1H3,(H,22,27). The molecule has 1 aromatic heterocycles. The zero-order valence-corrected chi connectivity index (χ0v) is 19.8. The smallest absolute Gasteiger partial charge is 0.290 e. The summed E-state index contributed by atoms with van der Waals surface area (Å²) in [5.41, 5.74) is 3.58. The van der Waals surface area contributed by atoms with E-state index in [0.29, 0.717) is 21.3 Å². The number of sulfonamides is 1. The number of benzene rings is 2. The molecular formula is C20H17ClN4O4S3. The first-order valence-electron chi connectivity index (χ1n) is 9.20. The molecule has 0 bridgehead atoms. The van der Waals surface area contributed by atoms with E-state index in [-0.39, 0.29) is 16.8 Å². The van der Waals surface area contributed by atoms with Crippen molar-refractivity contribution in [3.05, 3.63) is 70.6 Å². The van der Waals surface area contributed by atoms with Crippen molar-refractivity contribution in [2.45, 2.75) is 9.10 Å². The van der Waals surface area contributed by atoms with Gasteiger partial charge in [-0.1, -0.05) is 29.8 Å². The molecule has 0 unspecified atom stereocenters. The molecule has 1 aliphatic rings. The Bertz CT molecular complexity index is 1280. The van der Waals surface area contributed by atoms with E-state index in [4.69, 9.17) is 11.6 Å². The number of fused-ring (bicyclic) bond motifs is 1. The average Bonchev–Trinajstić information content (AvgIpc) is 3.25. The summed E-state index contributed by atoms with van der Waals surface area (Å²) in [6, 6.07) is 16.2. The number of nitrogens with zero attached hydrogens (tertiary/aromatic N) is 2. The fraction of sp³-hybridized carbons (Fsp3) is 0.100. The third-order valence-corrected chi connectivity index (χ3v) is 8.37. The Morgan fingerprint density at radius 1 is 1.12 bits per heavy atom. The lowest BCUT2D eigenvalue weighted by Gasteiger charge is -2.36. The number of anilines is 2. The van der Waals surface area contributed by atoms with E-state index in [1.165, 1.54) is 33.7 Å². The van der Waals surface area contributed by atoms with Gasteiger partial charge < -0.3 is 0 Å². The molecule has 4 rings (SSSR count). The van der Waals surface area contributed by atoms with Crippen molar-refractivity contribution in [1.82, 2.24) is 10.3 Å². The number of halogens is 1. The molecule has 0 atom stereocenters. The van der Waals surface area contributed by atoms with Crippen molar-refractivity contribution in [2.75, 3.05) is 22.7 Å². The van der Waals surface area contributed by atoms with Crippen LogP contribution in [-0.4, -0.2) is 33.3 Å². The Morgan fingerprint density at radius 3 is 2.53 bits per heavy atom. The van der Waals surface area contributed by atoms with Crippen LogP contribution < -0.4 is 20.1 Å². The maximum atomic E-state index is 13.1. The van der Waals surface area contributed by atoms with Crippen LogP contribution in [0.25, 0.3) is 0 Å². The minimum atomic E-state index is -4.00. The van der Waals surface area contributed by atoms with Crippen LogP contribution in [0.15, 0.2) is 69.8 Å². The summed E-state index contributed by atoms with van der Waals surface area (Å²) in [7, 11) is -4.00. The van der Waals surface area contributed by atoms with Gasteiger partial charge in [-0.3, -0.25) is 20.0 Å². The van der Waals surface area contributed by atoms with E-state index < -0.39 is 16.1 Å². The molecule has 1 aliphatic heterocycles. The SMILES string of the molecule is CSc1ccc2c(c1)N(C(=O)NNS(=O)(=O)c1ccc(Cl)s1)CN(c1ccccc1)C2=O. The summed E-state index contributed by atoms with van der Waals surface area (Å²) >= 11 is 8.15. The molecule has 166 valence electrons. The predicted molar refractivity (Wildman–Crippen MR) is 127 cm³/mol. The lowest BCUT2D eigenvalue weighted by atomic mass is 10.1. The third-order valence-electron chi connectivity index (χ3n) is 4.67. The largest absolute Gasteiger partial charge is 0.338 e. The zero-order valence-electron chi connectivity index (χ0n) is 16.6. The average molecular weight is 509 g/mol. The summed E-state index contributed by atoms with van der Waals surface area (Å²) in [4.78, 5) is 31.9. The topological polar surface area (TPSA) is 98.8 Å². The fourth-order valence-corrected chi connectivity index (χ4v) is 5.87. The van der Waals surface area contributed by atoms with Crippen LogP contribution in [0.2, 0.25) is 4.34 Å². The molecule has 2 heterocycles. The van der Waals surface area contributed by atoms with Crippen LogP contribution in [0, 0.1) is 0 Å². The van der Waals surface area contributed by atoms with E-state index in [1.807, 2.05) is 12.3 Å². The predicted octanol–water partition coefficient (Wildman–Crippen LogP) is 4.15. The van der Waals surface area contributed by atoms with Gasteiger partial charge in [-0.25, -0.2) is 13.2 Å². The van der Waals surface area contributed by atoms with Crippen molar-refractivity contribution in [1.29, 1.82) is 0 Å². The second-order valence-electron chi connectivity index (χ2n) is 6.62. The summed E-state index contributed by atoms with van der Waals surface area (Å²) in [5.74, 6) is -0.253. The second kappa shape index (κ2) is 9.12. The van der Waals surface area contributed by atoms with Gasteiger partial charge in [0.2, 0.25) is 0 Å². The first kappa shape index (κ1) is 22.6. The minimum Gasteiger partial charge on any atom is -0.290 e. The summed E-state index contributed by atoms with van der Waals surface area (Å²) in [6.07, 6.45) is 1.88. The number of carbonyl (C=O) groups is 2. The minimum absolute atomic E-state index is 0.0346. The first-order valence-corrected chi connectivity index (χ1v) is 13.1. The molecule has 0 fully saturated rings. The number of hydrogen-bond donors (Lipinski definition) is 2. The Morgan fingerprint density at radius 2 is 1.88 bits per heavy atom. The number of hydrogen-bond acceptors (Lipinski definition) is 6. The molecule has 0 radical (unpaired) electrons. The van der Waals surface area contributed by atoms with Crippen LogP contribution >= 0.6 is 34.7 Å².